The van der Waals surface area contributed by atoms with Gasteiger partial charge in [0, 0.05) is 28.3 Å². The Balaban J connectivity index is 2.06. The number of hydrogen-bond donors (Lipinski definition) is 2. The number of aromatic nitrogens is 2. The van der Waals surface area contributed by atoms with Gasteiger partial charge < -0.3 is 10.1 Å². The second-order valence-electron chi connectivity index (χ2n) is 6.29. The minimum Gasteiger partial charge on any atom is -0.486 e. The number of thiol groups is 1. The molecule has 2 unspecified atom stereocenters. The lowest BCUT2D eigenvalue weighted by molar-refractivity contribution is 0.182. The fraction of sp³-hybridized carbons (Fsp3) is 0.263. The van der Waals surface area contributed by atoms with E-state index in [9.17, 15) is 13.0 Å². The van der Waals surface area contributed by atoms with Crippen molar-refractivity contribution >= 4 is 38.7 Å². The Bertz CT molecular complexity index is 1100. The molecule has 3 rings (SSSR count). The van der Waals surface area contributed by atoms with Gasteiger partial charge in [0.25, 0.3) is 0 Å². The molecule has 0 saturated carbocycles. The van der Waals surface area contributed by atoms with E-state index in [1.54, 1.807) is 19.1 Å². The van der Waals surface area contributed by atoms with Crippen LogP contribution in [0.4, 0.5) is 26.0 Å². The Hall–Kier alpha value is -2.81. The molecule has 1 heterocycles. The Morgan fingerprint density at radius 1 is 1.29 bits per heavy atom. The molecule has 28 heavy (non-hydrogen) atoms. The fourth-order valence-electron chi connectivity index (χ4n) is 2.76. The van der Waals surface area contributed by atoms with E-state index in [4.69, 9.17) is 4.74 Å². The van der Waals surface area contributed by atoms with E-state index in [2.05, 4.69) is 19.6 Å². The summed E-state index contributed by atoms with van der Waals surface area (Å²) in [6.07, 6.45) is 2.19. The Kier molecular flexibility index (Phi) is 6.03. The first-order valence-corrected chi connectivity index (χ1v) is 10.2. The van der Waals surface area contributed by atoms with Crippen LogP contribution in [0.1, 0.15) is 12.5 Å². The van der Waals surface area contributed by atoms with E-state index in [1.165, 1.54) is 30.8 Å². The van der Waals surface area contributed by atoms with Crippen LogP contribution in [0.5, 0.6) is 5.75 Å². The largest absolute Gasteiger partial charge is 0.486 e. The second-order valence-corrected chi connectivity index (χ2v) is 7.42. The molecule has 0 radical (unpaired) electrons. The first-order chi connectivity index (χ1) is 13.4. The van der Waals surface area contributed by atoms with E-state index in [1.807, 2.05) is 6.92 Å². The van der Waals surface area contributed by atoms with Crippen LogP contribution in [0.25, 0.3) is 10.9 Å². The van der Waals surface area contributed by atoms with Gasteiger partial charge in [-0.25, -0.2) is 23.1 Å². The smallest absolute Gasteiger partial charge is 0.146 e. The second kappa shape index (κ2) is 8.47. The summed E-state index contributed by atoms with van der Waals surface area (Å²) >= 11 is 0. The lowest BCUT2D eigenvalue weighted by Gasteiger charge is -2.17. The van der Waals surface area contributed by atoms with Crippen LogP contribution < -0.4 is 10.1 Å². The Labute approximate surface area is 163 Å². The average Bonchev–Trinajstić information content (AvgIpc) is 2.63. The molecule has 1 aromatic heterocycles. The van der Waals surface area contributed by atoms with Crippen LogP contribution in [0.2, 0.25) is 0 Å². The minimum absolute atomic E-state index is 0.184. The van der Waals surface area contributed by atoms with Crippen molar-refractivity contribution in [2.24, 2.45) is 4.36 Å². The van der Waals surface area contributed by atoms with E-state index >= 15 is 0 Å². The van der Waals surface area contributed by atoms with Crippen LogP contribution >= 0.6 is 0 Å². The summed E-state index contributed by atoms with van der Waals surface area (Å²) in [6.45, 7) is 2.73. The molecule has 0 aliphatic carbocycles. The van der Waals surface area contributed by atoms with Gasteiger partial charge in [0.1, 0.15) is 36.5 Å². The molecule has 6 nitrogen and oxygen atoms in total. The van der Waals surface area contributed by atoms with Gasteiger partial charge in [-0.15, -0.1) is 0 Å². The standard InChI is InChI=1S/C19H20F2N4O2S/c1-11-6-14(25-28(3)26)8-16-18(11)19(23-10-22-16)24-15-5-4-13(21)7-17(15)27-12(2)9-20/h4-8,10,12,28H,9H2,1-3H3,(H,22,23,24). The van der Waals surface area contributed by atoms with E-state index < -0.39 is 29.2 Å². The monoisotopic (exact) mass is 406 g/mol. The number of ether oxygens (including phenoxy) is 1. The molecule has 9 heteroatoms. The summed E-state index contributed by atoms with van der Waals surface area (Å²) in [4.78, 5) is 8.55. The molecule has 3 aromatic rings. The third-order valence-corrected chi connectivity index (χ3v) is 4.43. The molecule has 148 valence electrons. The van der Waals surface area contributed by atoms with Gasteiger partial charge in [0.15, 0.2) is 0 Å². The van der Waals surface area contributed by atoms with Crippen LogP contribution in [0.15, 0.2) is 41.0 Å². The molecule has 1 N–H and O–H groups in total. The minimum atomic E-state index is -1.68. The summed E-state index contributed by atoms with van der Waals surface area (Å²) in [7, 11) is -1.68. The number of anilines is 2. The molecule has 0 bridgehead atoms. The van der Waals surface area contributed by atoms with Crippen molar-refractivity contribution in [2.45, 2.75) is 20.0 Å². The van der Waals surface area contributed by atoms with Crippen molar-refractivity contribution < 1.29 is 17.7 Å². The predicted molar refractivity (Wildman–Crippen MR) is 108 cm³/mol. The van der Waals surface area contributed by atoms with Crippen LogP contribution in [0, 0.1) is 12.7 Å². The number of alkyl halides is 1. The third kappa shape index (κ3) is 4.53. The van der Waals surface area contributed by atoms with Gasteiger partial charge in [0.2, 0.25) is 0 Å². The maximum atomic E-state index is 13.6. The van der Waals surface area contributed by atoms with E-state index in [0.29, 0.717) is 22.7 Å². The highest BCUT2D eigenvalue weighted by molar-refractivity contribution is 7.74. The molecule has 0 aliphatic heterocycles. The molecule has 0 saturated heterocycles. The highest BCUT2D eigenvalue weighted by atomic mass is 32.2. The quantitative estimate of drug-likeness (QED) is 0.590. The van der Waals surface area contributed by atoms with Crippen molar-refractivity contribution in [2.75, 3.05) is 18.2 Å². The fourth-order valence-corrected chi connectivity index (χ4v) is 3.20. The molecule has 2 atom stereocenters. The SMILES string of the molecule is Cc1cc(/N=[SH](\C)=O)cc2ncnc(Nc3ccc(F)cc3OC(C)CF)c12. The van der Waals surface area contributed by atoms with Gasteiger partial charge in [-0.3, -0.25) is 4.21 Å². The third-order valence-electron chi connectivity index (χ3n) is 3.92. The predicted octanol–water partition coefficient (Wildman–Crippen LogP) is 4.48. The number of nitrogens with one attached hydrogen (secondary N) is 1. The normalized spacial score (nSPS) is 13.5. The molecular weight excluding hydrogens is 386 g/mol. The first-order valence-electron chi connectivity index (χ1n) is 8.54. The number of fused-ring (bicyclic) bond motifs is 1. The molecular formula is C19H20F2N4O2S. The molecule has 2 aromatic carbocycles. The zero-order chi connectivity index (χ0) is 20.3. The van der Waals surface area contributed by atoms with Crippen LogP contribution in [0.3, 0.4) is 0 Å². The van der Waals surface area contributed by atoms with Gasteiger partial charge in [0.05, 0.1) is 16.9 Å². The molecule has 0 aliphatic rings. The lowest BCUT2D eigenvalue weighted by atomic mass is 10.1. The van der Waals surface area contributed by atoms with Crippen molar-refractivity contribution in [1.29, 1.82) is 0 Å². The zero-order valence-electron chi connectivity index (χ0n) is 15.6. The number of rotatable bonds is 6. The summed E-state index contributed by atoms with van der Waals surface area (Å²) in [5.74, 6) is 0.179. The number of benzene rings is 2. The maximum Gasteiger partial charge on any atom is 0.146 e. The maximum absolute atomic E-state index is 13.6. The van der Waals surface area contributed by atoms with Crippen molar-refractivity contribution in [3.63, 3.8) is 0 Å². The van der Waals surface area contributed by atoms with Crippen molar-refractivity contribution in [3.05, 3.63) is 48.0 Å². The summed E-state index contributed by atoms with van der Waals surface area (Å²) < 4.78 is 47.5. The van der Waals surface area contributed by atoms with Gasteiger partial charge in [-0.2, -0.15) is 0 Å². The zero-order valence-corrected chi connectivity index (χ0v) is 16.5. The summed E-state index contributed by atoms with van der Waals surface area (Å²) in [5, 5.41) is 3.86. The van der Waals surface area contributed by atoms with E-state index in [-0.39, 0.29) is 5.75 Å². The van der Waals surface area contributed by atoms with Crippen LogP contribution in [-0.4, -0.2) is 33.2 Å². The number of nitrogens with zero attached hydrogens (tertiary/aromatic N) is 3. The average molecular weight is 406 g/mol. The Morgan fingerprint density at radius 2 is 2.07 bits per heavy atom. The van der Waals surface area contributed by atoms with Gasteiger partial charge >= 0.3 is 0 Å². The summed E-state index contributed by atoms with van der Waals surface area (Å²) in [6, 6.07) is 7.49. The Morgan fingerprint density at radius 3 is 2.79 bits per heavy atom. The van der Waals surface area contributed by atoms with Gasteiger partial charge in [-0.1, -0.05) is 0 Å². The molecule has 0 amide bonds. The topological polar surface area (TPSA) is 76.5 Å². The van der Waals surface area contributed by atoms with Crippen molar-refractivity contribution in [1.82, 2.24) is 9.97 Å². The van der Waals surface area contributed by atoms with Crippen molar-refractivity contribution in [3.8, 4) is 5.75 Å². The highest BCUT2D eigenvalue weighted by Crippen LogP contribution is 2.33. The number of hydrogen-bond acceptors (Lipinski definition) is 6. The van der Waals surface area contributed by atoms with Crippen LogP contribution in [-0.2, 0) is 10.6 Å². The van der Waals surface area contributed by atoms with Gasteiger partial charge in [-0.05, 0) is 43.7 Å². The molecule has 0 spiro atoms. The first kappa shape index (κ1) is 19.9. The lowest BCUT2D eigenvalue weighted by Crippen LogP contribution is -2.14. The van der Waals surface area contributed by atoms with E-state index in [0.717, 1.165) is 10.9 Å². The highest BCUT2D eigenvalue weighted by Gasteiger charge is 2.14. The number of halogens is 2. The molecule has 0 fully saturated rings. The number of aryl methyl sites for hydroxylation is 1. The summed E-state index contributed by atoms with van der Waals surface area (Å²) in [5.41, 5.74) is 2.47.